The van der Waals surface area contributed by atoms with Gasteiger partial charge < -0.3 is 14.7 Å². The average Bonchev–Trinajstić information content (AvgIpc) is 2.70. The molecule has 0 aliphatic carbocycles. The molecule has 1 amide bonds. The largest absolute Gasteiger partial charge is 0.396 e. The van der Waals surface area contributed by atoms with Gasteiger partial charge in [0.25, 0.3) is 0 Å². The molecule has 0 bridgehead atoms. The van der Waals surface area contributed by atoms with Crippen LogP contribution >= 0.6 is 0 Å². The summed E-state index contributed by atoms with van der Waals surface area (Å²) in [7, 11) is 0. The van der Waals surface area contributed by atoms with Gasteiger partial charge in [-0.1, -0.05) is 0 Å². The maximum Gasteiger partial charge on any atom is 0.224 e. The molecule has 2 rings (SSSR count). The van der Waals surface area contributed by atoms with Crippen molar-refractivity contribution in [2.45, 2.75) is 38.5 Å². The van der Waals surface area contributed by atoms with Gasteiger partial charge in [0.05, 0.1) is 0 Å². The highest BCUT2D eigenvalue weighted by atomic mass is 16.5. The Balaban J connectivity index is 2.10. The van der Waals surface area contributed by atoms with Crippen molar-refractivity contribution in [3.63, 3.8) is 0 Å². The number of aliphatic hydroxyl groups is 1. The number of hydrogen-bond donors (Lipinski definition) is 1. The second kappa shape index (κ2) is 3.87. The molecule has 2 heterocycles. The van der Waals surface area contributed by atoms with E-state index < -0.39 is 0 Å². The van der Waals surface area contributed by atoms with Crippen LogP contribution in [0.25, 0.3) is 0 Å². The van der Waals surface area contributed by atoms with E-state index in [1.807, 2.05) is 11.8 Å². The maximum absolute atomic E-state index is 11.6. The first-order chi connectivity index (χ1) is 6.77. The molecule has 14 heavy (non-hydrogen) atoms. The molecule has 0 aromatic rings. The van der Waals surface area contributed by atoms with Crippen LogP contribution < -0.4 is 0 Å². The molecule has 0 aromatic heterocycles. The predicted octanol–water partition coefficient (Wildman–Crippen LogP) is 0.352. The molecule has 4 nitrogen and oxygen atoms in total. The summed E-state index contributed by atoms with van der Waals surface area (Å²) in [6.07, 6.45) is 2.20. The number of nitrogens with zero attached hydrogens (tertiary/aromatic N) is 1. The van der Waals surface area contributed by atoms with Crippen molar-refractivity contribution in [1.82, 2.24) is 4.90 Å². The molecular weight excluding hydrogens is 182 g/mol. The molecule has 0 spiro atoms. The molecule has 1 N–H and O–H groups in total. The Morgan fingerprint density at radius 2 is 2.43 bits per heavy atom. The van der Waals surface area contributed by atoms with Crippen LogP contribution in [-0.4, -0.2) is 41.4 Å². The highest BCUT2D eigenvalue weighted by Gasteiger charge is 2.47. The van der Waals surface area contributed by atoms with Gasteiger partial charge in [0, 0.05) is 31.6 Å². The van der Waals surface area contributed by atoms with Gasteiger partial charge in [-0.05, 0) is 19.8 Å². The summed E-state index contributed by atoms with van der Waals surface area (Å²) < 4.78 is 5.51. The van der Waals surface area contributed by atoms with Gasteiger partial charge in [-0.3, -0.25) is 4.79 Å². The molecule has 3 unspecified atom stereocenters. The van der Waals surface area contributed by atoms with Crippen molar-refractivity contribution >= 4 is 5.91 Å². The summed E-state index contributed by atoms with van der Waals surface area (Å²) >= 11 is 0. The molecule has 2 saturated heterocycles. The van der Waals surface area contributed by atoms with Gasteiger partial charge in [-0.2, -0.15) is 0 Å². The maximum atomic E-state index is 11.6. The van der Waals surface area contributed by atoms with Crippen molar-refractivity contribution in [1.29, 1.82) is 0 Å². The van der Waals surface area contributed by atoms with E-state index >= 15 is 0 Å². The van der Waals surface area contributed by atoms with Crippen LogP contribution in [0, 0.1) is 5.92 Å². The normalized spacial score (nSPS) is 36.6. The Kier molecular flexibility index (Phi) is 2.74. The van der Waals surface area contributed by atoms with E-state index in [0.29, 0.717) is 13.0 Å². The zero-order valence-electron chi connectivity index (χ0n) is 8.48. The first-order valence-electron chi connectivity index (χ1n) is 5.31. The first-order valence-corrected chi connectivity index (χ1v) is 5.31. The van der Waals surface area contributed by atoms with Gasteiger partial charge in [-0.25, -0.2) is 0 Å². The highest BCUT2D eigenvalue weighted by molar-refractivity contribution is 5.79. The topological polar surface area (TPSA) is 49.8 Å². The lowest BCUT2D eigenvalue weighted by molar-refractivity contribution is -0.139. The molecule has 2 aliphatic rings. The zero-order chi connectivity index (χ0) is 10.1. The van der Waals surface area contributed by atoms with E-state index in [2.05, 4.69) is 0 Å². The summed E-state index contributed by atoms with van der Waals surface area (Å²) in [5.41, 5.74) is 0. The lowest BCUT2D eigenvalue weighted by Gasteiger charge is -2.24. The minimum atomic E-state index is -0.0860. The molecule has 3 atom stereocenters. The van der Waals surface area contributed by atoms with Gasteiger partial charge in [-0.15, -0.1) is 0 Å². The molecular formula is C10H17NO3. The van der Waals surface area contributed by atoms with Crippen LogP contribution in [0.3, 0.4) is 0 Å². The molecule has 2 aliphatic heterocycles. The van der Waals surface area contributed by atoms with Crippen molar-refractivity contribution in [2.24, 2.45) is 5.92 Å². The van der Waals surface area contributed by atoms with E-state index in [0.717, 1.165) is 12.8 Å². The molecule has 0 saturated carbocycles. The second-order valence-electron chi connectivity index (χ2n) is 4.00. The van der Waals surface area contributed by atoms with Crippen LogP contribution in [0.1, 0.15) is 26.2 Å². The lowest BCUT2D eigenvalue weighted by atomic mass is 9.99. The number of aliphatic hydroxyl groups excluding tert-OH is 1. The number of hydrogen-bond acceptors (Lipinski definition) is 3. The minimum Gasteiger partial charge on any atom is -0.396 e. The molecule has 0 radical (unpaired) electrons. The zero-order valence-corrected chi connectivity index (χ0v) is 8.48. The number of ether oxygens (including phenoxy) is 1. The average molecular weight is 199 g/mol. The van der Waals surface area contributed by atoms with Crippen molar-refractivity contribution in [3.8, 4) is 0 Å². The Morgan fingerprint density at radius 1 is 1.64 bits per heavy atom. The van der Waals surface area contributed by atoms with Crippen molar-refractivity contribution in [2.75, 3.05) is 13.2 Å². The highest BCUT2D eigenvalue weighted by Crippen LogP contribution is 2.37. The van der Waals surface area contributed by atoms with E-state index in [-0.39, 0.29) is 30.7 Å². The number of carbonyl (C=O) groups excluding carboxylic acids is 1. The minimum absolute atomic E-state index is 0.0860. The fourth-order valence-electron chi connectivity index (χ4n) is 2.63. The molecule has 2 fully saturated rings. The van der Waals surface area contributed by atoms with Crippen LogP contribution in [0.15, 0.2) is 0 Å². The Morgan fingerprint density at radius 3 is 3.07 bits per heavy atom. The van der Waals surface area contributed by atoms with Crippen molar-refractivity contribution < 1.29 is 14.6 Å². The summed E-state index contributed by atoms with van der Waals surface area (Å²) in [5, 5.41) is 9.19. The monoisotopic (exact) mass is 199 g/mol. The van der Waals surface area contributed by atoms with Crippen LogP contribution in [-0.2, 0) is 9.53 Å². The van der Waals surface area contributed by atoms with Crippen LogP contribution in [0.2, 0.25) is 0 Å². The first kappa shape index (κ1) is 9.93. The third kappa shape index (κ3) is 1.42. The fraction of sp³-hybridized carbons (Fsp3) is 0.900. The smallest absolute Gasteiger partial charge is 0.224 e. The van der Waals surface area contributed by atoms with Gasteiger partial charge in [0.1, 0.15) is 6.23 Å². The summed E-state index contributed by atoms with van der Waals surface area (Å²) in [6.45, 7) is 2.72. The lowest BCUT2D eigenvalue weighted by Crippen LogP contribution is -2.37. The standard InChI is InChI=1S/C10H17NO3/c1-2-14-10-5-7(6-12)8-3-4-9(13)11(8)10/h7-8,10,12H,2-6H2,1H3. The van der Waals surface area contributed by atoms with Crippen LogP contribution in [0.4, 0.5) is 0 Å². The molecule has 80 valence electrons. The Hall–Kier alpha value is -0.610. The molecule has 0 aromatic carbocycles. The molecule has 4 heteroatoms. The number of fused-ring (bicyclic) bond motifs is 1. The summed E-state index contributed by atoms with van der Waals surface area (Å²) in [5.74, 6) is 0.405. The second-order valence-corrected chi connectivity index (χ2v) is 4.00. The van der Waals surface area contributed by atoms with Gasteiger partial charge in [0.2, 0.25) is 5.91 Å². The SMILES string of the molecule is CCOC1CC(CO)C2CCC(=O)N12. The summed E-state index contributed by atoms with van der Waals surface area (Å²) in [4.78, 5) is 13.4. The third-order valence-electron chi connectivity index (χ3n) is 3.25. The number of amides is 1. The van der Waals surface area contributed by atoms with Gasteiger partial charge >= 0.3 is 0 Å². The Bertz CT molecular complexity index is 231. The van der Waals surface area contributed by atoms with E-state index in [1.54, 1.807) is 0 Å². The van der Waals surface area contributed by atoms with Gasteiger partial charge in [0.15, 0.2) is 0 Å². The fourth-order valence-corrected chi connectivity index (χ4v) is 2.63. The predicted molar refractivity (Wildman–Crippen MR) is 50.5 cm³/mol. The quantitative estimate of drug-likeness (QED) is 0.713. The van der Waals surface area contributed by atoms with Crippen LogP contribution in [0.5, 0.6) is 0 Å². The number of rotatable bonds is 3. The van der Waals surface area contributed by atoms with E-state index in [4.69, 9.17) is 4.74 Å². The van der Waals surface area contributed by atoms with E-state index in [9.17, 15) is 9.90 Å². The van der Waals surface area contributed by atoms with E-state index in [1.165, 1.54) is 0 Å². The Labute approximate surface area is 83.8 Å². The number of carbonyl (C=O) groups is 1. The van der Waals surface area contributed by atoms with Crippen molar-refractivity contribution in [3.05, 3.63) is 0 Å². The third-order valence-corrected chi connectivity index (χ3v) is 3.25. The summed E-state index contributed by atoms with van der Waals surface area (Å²) in [6, 6.07) is 0.226.